The highest BCUT2D eigenvalue weighted by atomic mass is 32.1. The molecule has 0 aliphatic rings. The predicted molar refractivity (Wildman–Crippen MR) is 95.9 cm³/mol. The van der Waals surface area contributed by atoms with Gasteiger partial charge in [-0.2, -0.15) is 13.2 Å². The quantitative estimate of drug-likeness (QED) is 0.787. The molecule has 2 aromatic rings. The van der Waals surface area contributed by atoms with Crippen molar-refractivity contribution >= 4 is 30.2 Å². The van der Waals surface area contributed by atoms with Gasteiger partial charge >= 0.3 is 12.2 Å². The van der Waals surface area contributed by atoms with Crippen LogP contribution in [0, 0.1) is 0 Å². The molecule has 2 rings (SSSR count). The van der Waals surface area contributed by atoms with Gasteiger partial charge < -0.3 is 10.2 Å². The number of hydrogen-bond acceptors (Lipinski definition) is 3. The summed E-state index contributed by atoms with van der Waals surface area (Å²) in [5.74, 6) is 0. The number of carbonyl (C=O) groups is 1. The number of urea groups is 1. The first kappa shape index (κ1) is 19.0. The van der Waals surface area contributed by atoms with Crippen molar-refractivity contribution < 1.29 is 18.0 Å². The summed E-state index contributed by atoms with van der Waals surface area (Å²) in [6.45, 7) is -0.0481. The molecule has 0 spiro atoms. The lowest BCUT2D eigenvalue weighted by Gasteiger charge is -2.19. The largest absolute Gasteiger partial charge is 0.416 e. The van der Waals surface area contributed by atoms with Crippen LogP contribution in [0.5, 0.6) is 0 Å². The average Bonchev–Trinajstić information content (AvgIpc) is 2.58. The zero-order chi connectivity index (χ0) is 18.6. The summed E-state index contributed by atoms with van der Waals surface area (Å²) in [6, 6.07) is 11.9. The highest BCUT2D eigenvalue weighted by Crippen LogP contribution is 2.32. The Labute approximate surface area is 149 Å². The Morgan fingerprint density at radius 3 is 2.28 bits per heavy atom. The summed E-state index contributed by atoms with van der Waals surface area (Å²) in [6.07, 6.45) is -4.45. The molecule has 0 bridgehead atoms. The van der Waals surface area contributed by atoms with Gasteiger partial charge in [-0.1, -0.05) is 31.0 Å². The Morgan fingerprint density at radius 2 is 1.72 bits per heavy atom. The van der Waals surface area contributed by atoms with E-state index in [4.69, 9.17) is 0 Å². The number of halogens is 3. The number of amides is 2. The predicted octanol–water partition coefficient (Wildman–Crippen LogP) is 4.33. The maximum Gasteiger partial charge on any atom is 0.416 e. The van der Waals surface area contributed by atoms with Crippen LogP contribution in [0.2, 0.25) is 0 Å². The Kier molecular flexibility index (Phi) is 5.84. The van der Waals surface area contributed by atoms with Gasteiger partial charge in [-0.05, 0) is 35.9 Å². The van der Waals surface area contributed by atoms with Gasteiger partial charge in [0, 0.05) is 26.3 Å². The monoisotopic (exact) mass is 369 g/mol. The second kappa shape index (κ2) is 7.69. The third-order valence-corrected chi connectivity index (χ3v) is 3.87. The van der Waals surface area contributed by atoms with Crippen LogP contribution in [-0.4, -0.2) is 20.1 Å². The summed E-state index contributed by atoms with van der Waals surface area (Å²) in [5.41, 5.74) is 0.557. The molecule has 2 aromatic carbocycles. The van der Waals surface area contributed by atoms with Crippen LogP contribution < -0.4 is 14.5 Å². The molecule has 25 heavy (non-hydrogen) atoms. The number of rotatable bonds is 4. The summed E-state index contributed by atoms with van der Waals surface area (Å²) < 4.78 is 40.2. The molecule has 0 radical (unpaired) electrons. The molecule has 0 saturated heterocycles. The Morgan fingerprint density at radius 1 is 1.08 bits per heavy atom. The molecule has 0 saturated carbocycles. The highest BCUT2D eigenvalue weighted by molar-refractivity contribution is 7.82. The van der Waals surface area contributed by atoms with Crippen LogP contribution in [0.15, 0.2) is 48.5 Å². The molecule has 0 unspecified atom stereocenters. The topological polar surface area (TPSA) is 35.6 Å². The van der Waals surface area contributed by atoms with Crippen molar-refractivity contribution in [3.8, 4) is 0 Å². The van der Waals surface area contributed by atoms with Crippen LogP contribution in [0.1, 0.15) is 11.1 Å². The van der Waals surface area contributed by atoms with Gasteiger partial charge in [0.15, 0.2) is 0 Å². The van der Waals surface area contributed by atoms with E-state index in [9.17, 15) is 18.0 Å². The Hall–Kier alpha value is -2.35. The molecule has 8 heteroatoms. The fourth-order valence-corrected chi connectivity index (χ4v) is 2.34. The second-order valence-corrected chi connectivity index (χ2v) is 5.99. The van der Waals surface area contributed by atoms with E-state index in [0.717, 1.165) is 16.4 Å². The van der Waals surface area contributed by atoms with Crippen molar-refractivity contribution in [3.05, 3.63) is 59.7 Å². The van der Waals surface area contributed by atoms with Gasteiger partial charge in [0.1, 0.15) is 0 Å². The van der Waals surface area contributed by atoms with Crippen molar-refractivity contribution in [3.63, 3.8) is 0 Å². The fourth-order valence-electron chi connectivity index (χ4n) is 2.14. The van der Waals surface area contributed by atoms with Gasteiger partial charge in [0.2, 0.25) is 0 Å². The molecule has 4 nitrogen and oxygen atoms in total. The average molecular weight is 369 g/mol. The second-order valence-electron chi connectivity index (χ2n) is 5.59. The summed E-state index contributed by atoms with van der Waals surface area (Å²) >= 11 is 4.11. The molecule has 134 valence electrons. The third kappa shape index (κ3) is 5.06. The molecule has 1 N–H and O–H groups in total. The molecule has 0 aliphatic heterocycles. The number of benzene rings is 2. The minimum atomic E-state index is -4.45. The number of nitrogens with zero attached hydrogens (tertiary/aromatic N) is 2. The van der Waals surface area contributed by atoms with E-state index in [1.54, 1.807) is 55.4 Å². The normalized spacial score (nSPS) is 11.1. The maximum absolute atomic E-state index is 13.0. The molecular formula is C17H18F3N3OS. The van der Waals surface area contributed by atoms with Crippen LogP contribution in [0.4, 0.5) is 29.3 Å². The van der Waals surface area contributed by atoms with Crippen molar-refractivity contribution in [1.29, 1.82) is 0 Å². The first-order chi connectivity index (χ1) is 11.7. The van der Waals surface area contributed by atoms with E-state index in [1.807, 2.05) is 0 Å². The summed E-state index contributed by atoms with van der Waals surface area (Å²) in [7, 11) is 3.31. The van der Waals surface area contributed by atoms with E-state index in [1.165, 1.54) is 0 Å². The zero-order valence-corrected chi connectivity index (χ0v) is 14.6. The number of carbonyl (C=O) groups excluding carboxylic acids is 1. The third-order valence-electron chi connectivity index (χ3n) is 3.46. The van der Waals surface area contributed by atoms with Gasteiger partial charge in [-0.3, -0.25) is 0 Å². The highest BCUT2D eigenvalue weighted by Gasteiger charge is 2.31. The number of hydrogen-bond donors (Lipinski definition) is 2. The minimum absolute atomic E-state index is 0.0481. The van der Waals surface area contributed by atoms with Crippen molar-refractivity contribution in [2.45, 2.75) is 12.7 Å². The number of nitrogens with one attached hydrogen (secondary N) is 1. The first-order valence-electron chi connectivity index (χ1n) is 7.39. The Bertz CT molecular complexity index is 736. The van der Waals surface area contributed by atoms with E-state index < -0.39 is 17.8 Å². The summed E-state index contributed by atoms with van der Waals surface area (Å²) in [4.78, 5) is 13.7. The summed E-state index contributed by atoms with van der Waals surface area (Å²) in [5, 5.41) is 2.57. The number of para-hydroxylation sites is 1. The Balaban J connectivity index is 2.14. The van der Waals surface area contributed by atoms with Crippen LogP contribution in [-0.2, 0) is 12.7 Å². The lowest BCUT2D eigenvalue weighted by molar-refractivity contribution is -0.137. The smallest absolute Gasteiger partial charge is 0.378 e. The molecule has 2 amide bonds. The van der Waals surface area contributed by atoms with Crippen LogP contribution in [0.3, 0.4) is 0 Å². The van der Waals surface area contributed by atoms with Crippen molar-refractivity contribution in [2.24, 2.45) is 0 Å². The maximum atomic E-state index is 13.0. The molecule has 0 atom stereocenters. The van der Waals surface area contributed by atoms with Crippen molar-refractivity contribution in [1.82, 2.24) is 5.32 Å². The zero-order valence-electron chi connectivity index (χ0n) is 13.7. The fraction of sp³-hybridized carbons (Fsp3) is 0.235. The molecule has 0 heterocycles. The van der Waals surface area contributed by atoms with E-state index >= 15 is 0 Å². The molecular weight excluding hydrogens is 351 g/mol. The van der Waals surface area contributed by atoms with Gasteiger partial charge in [0.25, 0.3) is 0 Å². The number of thiol groups is 1. The SMILES string of the molecule is CN(C)c1cc(CNC(=O)N(S)c2ccccc2)cc(C(F)(F)F)c1. The lowest BCUT2D eigenvalue weighted by atomic mass is 10.1. The number of anilines is 2. The minimum Gasteiger partial charge on any atom is -0.378 e. The van der Waals surface area contributed by atoms with E-state index in [0.29, 0.717) is 16.9 Å². The van der Waals surface area contributed by atoms with Gasteiger partial charge in [0.05, 0.1) is 11.3 Å². The van der Waals surface area contributed by atoms with Crippen LogP contribution in [0.25, 0.3) is 0 Å². The number of alkyl halides is 3. The lowest BCUT2D eigenvalue weighted by Crippen LogP contribution is -2.33. The van der Waals surface area contributed by atoms with Crippen LogP contribution >= 0.6 is 12.8 Å². The molecule has 0 fully saturated rings. The molecule has 0 aliphatic carbocycles. The van der Waals surface area contributed by atoms with E-state index in [2.05, 4.69) is 18.1 Å². The van der Waals surface area contributed by atoms with Gasteiger partial charge in [-0.15, -0.1) is 0 Å². The molecule has 0 aromatic heterocycles. The standard InChI is InChI=1S/C17H18F3N3OS/c1-22(2)15-9-12(8-13(10-15)17(18,19)20)11-21-16(24)23(25)14-6-4-3-5-7-14/h3-10,25H,11H2,1-2H3,(H,21,24). The van der Waals surface area contributed by atoms with Crippen molar-refractivity contribution in [2.75, 3.05) is 23.3 Å². The van der Waals surface area contributed by atoms with Gasteiger partial charge in [-0.25, -0.2) is 9.10 Å². The first-order valence-corrected chi connectivity index (χ1v) is 7.79. The van der Waals surface area contributed by atoms with E-state index in [-0.39, 0.29) is 6.54 Å².